The third kappa shape index (κ3) is 3.55. The molecular weight excluding hydrogens is 346 g/mol. The molecule has 21 heavy (non-hydrogen) atoms. The molecule has 2 aromatic rings. The van der Waals surface area contributed by atoms with Crippen LogP contribution < -0.4 is 10.5 Å². The quantitative estimate of drug-likeness (QED) is 0.861. The van der Waals surface area contributed by atoms with Crippen molar-refractivity contribution >= 4 is 15.9 Å². The summed E-state index contributed by atoms with van der Waals surface area (Å²) in [5.74, 6) is -0.205. The molecule has 1 heterocycles. The second kappa shape index (κ2) is 6.46. The number of nitrogens with zero attached hydrogens (tertiary/aromatic N) is 1. The van der Waals surface area contributed by atoms with Crippen molar-refractivity contribution in [3.05, 3.63) is 58.2 Å². The first-order valence-corrected chi connectivity index (χ1v) is 6.82. The topological polar surface area (TPSA) is 68.4 Å². The highest BCUT2D eigenvalue weighted by Crippen LogP contribution is 2.29. The van der Waals surface area contributed by atoms with Crippen LogP contribution in [-0.2, 0) is 5.54 Å². The second-order valence-corrected chi connectivity index (χ2v) is 5.32. The number of aliphatic hydroxyl groups is 1. The molecule has 0 aliphatic heterocycles. The van der Waals surface area contributed by atoms with Crippen LogP contribution in [0.1, 0.15) is 11.1 Å². The first kappa shape index (κ1) is 15.8. The zero-order valence-electron chi connectivity index (χ0n) is 10.8. The zero-order chi connectivity index (χ0) is 15.5. The van der Waals surface area contributed by atoms with Gasteiger partial charge in [-0.05, 0) is 29.3 Å². The van der Waals surface area contributed by atoms with Gasteiger partial charge in [-0.2, -0.15) is 8.78 Å². The van der Waals surface area contributed by atoms with E-state index < -0.39 is 12.2 Å². The van der Waals surface area contributed by atoms with Crippen molar-refractivity contribution in [2.24, 2.45) is 5.73 Å². The van der Waals surface area contributed by atoms with Gasteiger partial charge in [0.2, 0.25) is 5.88 Å². The zero-order valence-corrected chi connectivity index (χ0v) is 12.4. The second-order valence-electron chi connectivity index (χ2n) is 4.40. The van der Waals surface area contributed by atoms with Crippen LogP contribution in [0.15, 0.2) is 47.1 Å². The van der Waals surface area contributed by atoms with E-state index in [-0.39, 0.29) is 12.5 Å². The maximum absolute atomic E-state index is 12.1. The molecule has 0 saturated heterocycles. The summed E-state index contributed by atoms with van der Waals surface area (Å²) in [6.45, 7) is -3.30. The van der Waals surface area contributed by atoms with E-state index in [1.54, 1.807) is 18.2 Å². The van der Waals surface area contributed by atoms with Crippen LogP contribution in [0, 0.1) is 0 Å². The Bertz CT molecular complexity index is 610. The molecule has 0 fully saturated rings. The fourth-order valence-corrected chi connectivity index (χ4v) is 2.32. The van der Waals surface area contributed by atoms with E-state index in [0.29, 0.717) is 11.1 Å². The van der Waals surface area contributed by atoms with Gasteiger partial charge in [-0.25, -0.2) is 4.98 Å². The molecule has 4 nitrogen and oxygen atoms in total. The number of aliphatic hydroxyl groups excluding tert-OH is 1. The molecule has 0 spiro atoms. The van der Waals surface area contributed by atoms with E-state index in [0.717, 1.165) is 4.47 Å². The molecule has 0 unspecified atom stereocenters. The van der Waals surface area contributed by atoms with E-state index in [1.165, 1.54) is 18.3 Å². The number of benzene rings is 1. The Kier molecular flexibility index (Phi) is 4.87. The van der Waals surface area contributed by atoms with E-state index in [2.05, 4.69) is 25.7 Å². The summed E-state index contributed by atoms with van der Waals surface area (Å²) in [6, 6.07) is 9.96. The summed E-state index contributed by atoms with van der Waals surface area (Å²) in [4.78, 5) is 3.78. The van der Waals surface area contributed by atoms with Crippen LogP contribution in [-0.4, -0.2) is 23.3 Å². The fourth-order valence-electron chi connectivity index (χ4n) is 1.92. The van der Waals surface area contributed by atoms with Crippen LogP contribution >= 0.6 is 15.9 Å². The summed E-state index contributed by atoms with van der Waals surface area (Å²) in [7, 11) is 0. The molecule has 1 atom stereocenters. The number of pyridine rings is 1. The molecule has 0 aliphatic rings. The van der Waals surface area contributed by atoms with Gasteiger partial charge < -0.3 is 15.6 Å². The number of nitrogens with two attached hydrogens (primary N) is 1. The summed E-state index contributed by atoms with van der Waals surface area (Å²) in [6.07, 6.45) is 1.31. The molecule has 112 valence electrons. The Morgan fingerprint density at radius 3 is 2.57 bits per heavy atom. The highest BCUT2D eigenvalue weighted by molar-refractivity contribution is 9.10. The van der Waals surface area contributed by atoms with E-state index >= 15 is 0 Å². The number of hydrogen-bond acceptors (Lipinski definition) is 4. The minimum Gasteiger partial charge on any atom is -0.417 e. The van der Waals surface area contributed by atoms with E-state index in [4.69, 9.17) is 5.73 Å². The molecule has 7 heteroatoms. The number of aromatic nitrogens is 1. The average Bonchev–Trinajstić information content (AvgIpc) is 2.46. The maximum atomic E-state index is 12.1. The van der Waals surface area contributed by atoms with Crippen LogP contribution in [0.5, 0.6) is 5.88 Å². The van der Waals surface area contributed by atoms with Gasteiger partial charge >= 0.3 is 6.61 Å². The van der Waals surface area contributed by atoms with Crippen molar-refractivity contribution in [3.8, 4) is 5.88 Å². The highest BCUT2D eigenvalue weighted by atomic mass is 79.9. The van der Waals surface area contributed by atoms with E-state index in [1.807, 2.05) is 6.07 Å². The van der Waals surface area contributed by atoms with Crippen LogP contribution in [0.2, 0.25) is 0 Å². The van der Waals surface area contributed by atoms with Crippen molar-refractivity contribution in [2.75, 3.05) is 6.61 Å². The predicted octanol–water partition coefficient (Wildman–Crippen LogP) is 2.64. The molecule has 0 saturated carbocycles. The normalized spacial score (nSPS) is 14.0. The predicted molar refractivity (Wildman–Crippen MR) is 77.1 cm³/mol. The smallest absolute Gasteiger partial charge is 0.388 e. The summed E-state index contributed by atoms with van der Waals surface area (Å²) >= 11 is 3.34. The third-order valence-corrected chi connectivity index (χ3v) is 3.54. The Hall–Kier alpha value is -1.57. The minimum atomic E-state index is -2.94. The van der Waals surface area contributed by atoms with Gasteiger partial charge in [-0.15, -0.1) is 0 Å². The first-order chi connectivity index (χ1) is 9.95. The van der Waals surface area contributed by atoms with Crippen molar-refractivity contribution in [3.63, 3.8) is 0 Å². The largest absolute Gasteiger partial charge is 0.417 e. The van der Waals surface area contributed by atoms with Crippen molar-refractivity contribution in [1.82, 2.24) is 4.98 Å². The molecule has 0 aliphatic carbocycles. The van der Waals surface area contributed by atoms with Gasteiger partial charge in [-0.3, -0.25) is 0 Å². The number of hydrogen-bond donors (Lipinski definition) is 2. The molecule has 1 aromatic heterocycles. The van der Waals surface area contributed by atoms with Crippen molar-refractivity contribution < 1.29 is 18.6 Å². The summed E-state index contributed by atoms with van der Waals surface area (Å²) < 4.78 is 29.2. The van der Waals surface area contributed by atoms with Crippen LogP contribution in [0.3, 0.4) is 0 Å². The molecular formula is C14H13BrF2N2O2. The Morgan fingerprint density at radius 2 is 2.05 bits per heavy atom. The van der Waals surface area contributed by atoms with Gasteiger partial charge in [0.25, 0.3) is 0 Å². The van der Waals surface area contributed by atoms with Gasteiger partial charge in [0.15, 0.2) is 0 Å². The monoisotopic (exact) mass is 358 g/mol. The van der Waals surface area contributed by atoms with Gasteiger partial charge in [0.1, 0.15) is 0 Å². The Balaban J connectivity index is 2.36. The lowest BCUT2D eigenvalue weighted by Gasteiger charge is -2.28. The fraction of sp³-hybridized carbons (Fsp3) is 0.214. The molecule has 2 rings (SSSR count). The SMILES string of the molecule is N[C@](CO)(c1ccc(OC(F)F)nc1)c1cccc(Br)c1. The Morgan fingerprint density at radius 1 is 1.29 bits per heavy atom. The van der Waals surface area contributed by atoms with Crippen LogP contribution in [0.25, 0.3) is 0 Å². The molecule has 1 aromatic carbocycles. The summed E-state index contributed by atoms with van der Waals surface area (Å²) in [5, 5.41) is 9.68. The van der Waals surface area contributed by atoms with E-state index in [9.17, 15) is 13.9 Å². The standard InChI is InChI=1S/C14H13BrF2N2O2/c15-11-3-1-2-9(6-11)14(18,8-20)10-4-5-12(19-7-10)21-13(16)17/h1-7,13,20H,8,18H2/t14-/m0/s1. The van der Waals surface area contributed by atoms with Gasteiger partial charge in [-0.1, -0.05) is 28.1 Å². The molecule has 0 bridgehead atoms. The Labute approximate surface area is 128 Å². The lowest BCUT2D eigenvalue weighted by molar-refractivity contribution is -0.0528. The maximum Gasteiger partial charge on any atom is 0.388 e. The minimum absolute atomic E-state index is 0.205. The highest BCUT2D eigenvalue weighted by Gasteiger charge is 2.29. The number of halogens is 3. The van der Waals surface area contributed by atoms with Crippen molar-refractivity contribution in [2.45, 2.75) is 12.2 Å². The number of alkyl halides is 2. The molecule has 0 amide bonds. The number of ether oxygens (including phenoxy) is 1. The van der Waals surface area contributed by atoms with Gasteiger partial charge in [0, 0.05) is 16.7 Å². The van der Waals surface area contributed by atoms with Crippen LogP contribution in [0.4, 0.5) is 8.78 Å². The lowest BCUT2D eigenvalue weighted by Crippen LogP contribution is -2.41. The summed E-state index contributed by atoms with van der Waals surface area (Å²) in [5.41, 5.74) is 6.24. The third-order valence-electron chi connectivity index (χ3n) is 3.05. The lowest BCUT2D eigenvalue weighted by atomic mass is 9.85. The van der Waals surface area contributed by atoms with Gasteiger partial charge in [0.05, 0.1) is 12.1 Å². The number of rotatable bonds is 5. The average molecular weight is 359 g/mol. The van der Waals surface area contributed by atoms with Crippen molar-refractivity contribution in [1.29, 1.82) is 0 Å². The molecule has 0 radical (unpaired) electrons. The first-order valence-electron chi connectivity index (χ1n) is 6.03. The molecule has 3 N–H and O–H groups in total.